The summed E-state index contributed by atoms with van der Waals surface area (Å²) >= 11 is 1.72. The van der Waals surface area contributed by atoms with Gasteiger partial charge in [-0.1, -0.05) is 0 Å². The minimum atomic E-state index is 0.180. The summed E-state index contributed by atoms with van der Waals surface area (Å²) in [5.74, 6) is 0. The molecule has 1 saturated heterocycles. The van der Waals surface area contributed by atoms with E-state index in [1.807, 2.05) is 5.51 Å². The molecule has 1 aliphatic rings. The Hall–Kier alpha value is -1.13. The van der Waals surface area contributed by atoms with Crippen LogP contribution in [-0.2, 0) is 0 Å². The van der Waals surface area contributed by atoms with Gasteiger partial charge in [0.15, 0.2) is 0 Å². The molecule has 1 aromatic heterocycles. The van der Waals surface area contributed by atoms with Crippen LogP contribution in [0.15, 0.2) is 23.7 Å². The van der Waals surface area contributed by atoms with Crippen molar-refractivity contribution < 1.29 is 0 Å². The SMILES string of the molecule is CC1(C)CN(c2ccc3ncsc3c2)CCCN1. The van der Waals surface area contributed by atoms with Gasteiger partial charge in [0.05, 0.1) is 15.7 Å². The molecule has 3 rings (SSSR count). The highest BCUT2D eigenvalue weighted by atomic mass is 32.1. The normalized spacial score (nSPS) is 20.0. The molecule has 96 valence electrons. The number of nitrogens with zero attached hydrogens (tertiary/aromatic N) is 2. The standard InChI is InChI=1S/C14H19N3S/c1-14(2)9-17(7-3-6-16-14)11-4-5-12-13(8-11)18-10-15-12/h4-5,8,10,16H,3,6-7,9H2,1-2H3. The van der Waals surface area contributed by atoms with E-state index in [1.165, 1.54) is 16.8 Å². The lowest BCUT2D eigenvalue weighted by Crippen LogP contribution is -2.46. The van der Waals surface area contributed by atoms with Gasteiger partial charge >= 0.3 is 0 Å². The zero-order valence-corrected chi connectivity index (χ0v) is 11.8. The first-order valence-electron chi connectivity index (χ1n) is 6.47. The quantitative estimate of drug-likeness (QED) is 0.855. The maximum atomic E-state index is 4.34. The van der Waals surface area contributed by atoms with Crippen molar-refractivity contribution in [2.75, 3.05) is 24.5 Å². The predicted octanol–water partition coefficient (Wildman–Crippen LogP) is 2.87. The third-order valence-corrected chi connectivity index (χ3v) is 4.27. The monoisotopic (exact) mass is 261 g/mol. The van der Waals surface area contributed by atoms with Crippen LogP contribution in [0, 0.1) is 0 Å². The maximum Gasteiger partial charge on any atom is 0.0813 e. The van der Waals surface area contributed by atoms with Gasteiger partial charge in [-0.2, -0.15) is 0 Å². The summed E-state index contributed by atoms with van der Waals surface area (Å²) in [6.45, 7) is 7.83. The van der Waals surface area contributed by atoms with E-state index < -0.39 is 0 Å². The van der Waals surface area contributed by atoms with E-state index in [0.29, 0.717) is 0 Å². The molecule has 1 aromatic carbocycles. The molecule has 3 nitrogen and oxygen atoms in total. The van der Waals surface area contributed by atoms with Crippen LogP contribution in [0.4, 0.5) is 5.69 Å². The molecule has 4 heteroatoms. The molecular formula is C14H19N3S. The molecule has 0 atom stereocenters. The Bertz CT molecular complexity index is 547. The number of benzene rings is 1. The fourth-order valence-corrected chi connectivity index (χ4v) is 3.28. The van der Waals surface area contributed by atoms with Crippen molar-refractivity contribution in [1.82, 2.24) is 10.3 Å². The van der Waals surface area contributed by atoms with Crippen molar-refractivity contribution in [2.24, 2.45) is 0 Å². The summed E-state index contributed by atoms with van der Waals surface area (Å²) in [5, 5.41) is 3.60. The third-order valence-electron chi connectivity index (χ3n) is 3.47. The Labute approximate surface area is 112 Å². The minimum absolute atomic E-state index is 0.180. The van der Waals surface area contributed by atoms with Crippen LogP contribution < -0.4 is 10.2 Å². The first-order valence-corrected chi connectivity index (χ1v) is 7.35. The molecule has 0 bridgehead atoms. The molecule has 0 amide bonds. The van der Waals surface area contributed by atoms with E-state index in [-0.39, 0.29) is 5.54 Å². The van der Waals surface area contributed by atoms with Crippen molar-refractivity contribution >= 4 is 27.2 Å². The first-order chi connectivity index (χ1) is 8.64. The number of fused-ring (bicyclic) bond motifs is 1. The summed E-state index contributed by atoms with van der Waals surface area (Å²) in [7, 11) is 0. The number of thiazole rings is 1. The van der Waals surface area contributed by atoms with Crippen LogP contribution >= 0.6 is 11.3 Å². The van der Waals surface area contributed by atoms with Crippen LogP contribution in [0.3, 0.4) is 0 Å². The molecule has 0 aliphatic carbocycles. The van der Waals surface area contributed by atoms with E-state index in [0.717, 1.165) is 25.2 Å². The molecular weight excluding hydrogens is 242 g/mol. The first kappa shape index (κ1) is 11.9. The van der Waals surface area contributed by atoms with Crippen molar-refractivity contribution in [1.29, 1.82) is 0 Å². The van der Waals surface area contributed by atoms with Gasteiger partial charge in [0, 0.05) is 24.3 Å². The lowest BCUT2D eigenvalue weighted by atomic mass is 10.1. The van der Waals surface area contributed by atoms with Crippen LogP contribution in [-0.4, -0.2) is 30.2 Å². The average molecular weight is 261 g/mol. The Morgan fingerprint density at radius 3 is 3.17 bits per heavy atom. The summed E-state index contributed by atoms with van der Waals surface area (Å²) in [5.41, 5.74) is 4.53. The Balaban J connectivity index is 1.92. The highest BCUT2D eigenvalue weighted by molar-refractivity contribution is 7.16. The highest BCUT2D eigenvalue weighted by Crippen LogP contribution is 2.26. The summed E-state index contributed by atoms with van der Waals surface area (Å²) in [6.07, 6.45) is 1.20. The molecule has 2 aromatic rings. The van der Waals surface area contributed by atoms with Gasteiger partial charge < -0.3 is 10.2 Å². The zero-order chi connectivity index (χ0) is 12.6. The molecule has 1 fully saturated rings. The summed E-state index contributed by atoms with van der Waals surface area (Å²) < 4.78 is 1.28. The van der Waals surface area contributed by atoms with Crippen molar-refractivity contribution in [3.8, 4) is 0 Å². The topological polar surface area (TPSA) is 28.2 Å². The van der Waals surface area contributed by atoms with Gasteiger partial charge in [-0.15, -0.1) is 11.3 Å². The molecule has 0 saturated carbocycles. The lowest BCUT2D eigenvalue weighted by Gasteiger charge is -2.31. The summed E-state index contributed by atoms with van der Waals surface area (Å²) in [4.78, 5) is 6.82. The summed E-state index contributed by atoms with van der Waals surface area (Å²) in [6, 6.07) is 6.60. The Morgan fingerprint density at radius 2 is 2.28 bits per heavy atom. The Kier molecular flexibility index (Phi) is 2.99. The van der Waals surface area contributed by atoms with Gasteiger partial charge in [0.1, 0.15) is 0 Å². The van der Waals surface area contributed by atoms with Gasteiger partial charge in [0.2, 0.25) is 0 Å². The van der Waals surface area contributed by atoms with E-state index in [9.17, 15) is 0 Å². The van der Waals surface area contributed by atoms with Gasteiger partial charge in [0.25, 0.3) is 0 Å². The minimum Gasteiger partial charge on any atom is -0.370 e. The molecule has 1 N–H and O–H groups in total. The molecule has 1 aliphatic heterocycles. The zero-order valence-electron chi connectivity index (χ0n) is 10.9. The number of rotatable bonds is 1. The van der Waals surface area contributed by atoms with Crippen molar-refractivity contribution in [3.63, 3.8) is 0 Å². The fourth-order valence-electron chi connectivity index (χ4n) is 2.57. The number of hydrogen-bond acceptors (Lipinski definition) is 4. The Morgan fingerprint density at radius 1 is 1.39 bits per heavy atom. The largest absolute Gasteiger partial charge is 0.370 e. The van der Waals surface area contributed by atoms with Gasteiger partial charge in [-0.05, 0) is 45.0 Å². The van der Waals surface area contributed by atoms with E-state index in [2.05, 4.69) is 47.2 Å². The number of hydrogen-bond donors (Lipinski definition) is 1. The molecule has 0 unspecified atom stereocenters. The smallest absolute Gasteiger partial charge is 0.0813 e. The van der Waals surface area contributed by atoms with Gasteiger partial charge in [-0.25, -0.2) is 4.98 Å². The maximum absolute atomic E-state index is 4.34. The molecule has 0 radical (unpaired) electrons. The van der Waals surface area contributed by atoms with E-state index in [4.69, 9.17) is 0 Å². The number of aromatic nitrogens is 1. The van der Waals surface area contributed by atoms with E-state index in [1.54, 1.807) is 11.3 Å². The molecule has 0 spiro atoms. The van der Waals surface area contributed by atoms with Gasteiger partial charge in [-0.3, -0.25) is 0 Å². The molecule has 18 heavy (non-hydrogen) atoms. The molecule has 2 heterocycles. The number of anilines is 1. The predicted molar refractivity (Wildman–Crippen MR) is 78.5 cm³/mol. The second kappa shape index (κ2) is 4.52. The van der Waals surface area contributed by atoms with Crippen molar-refractivity contribution in [2.45, 2.75) is 25.8 Å². The van der Waals surface area contributed by atoms with Crippen LogP contribution in [0.5, 0.6) is 0 Å². The second-order valence-corrected chi connectivity index (χ2v) is 6.48. The number of nitrogens with one attached hydrogen (secondary N) is 1. The van der Waals surface area contributed by atoms with Crippen LogP contribution in [0.25, 0.3) is 10.2 Å². The fraction of sp³-hybridized carbons (Fsp3) is 0.500. The average Bonchev–Trinajstić information content (AvgIpc) is 2.72. The van der Waals surface area contributed by atoms with E-state index >= 15 is 0 Å². The lowest BCUT2D eigenvalue weighted by molar-refractivity contribution is 0.416. The van der Waals surface area contributed by atoms with Crippen LogP contribution in [0.2, 0.25) is 0 Å². The van der Waals surface area contributed by atoms with Crippen LogP contribution in [0.1, 0.15) is 20.3 Å². The second-order valence-electron chi connectivity index (χ2n) is 5.59. The third kappa shape index (κ3) is 2.35. The van der Waals surface area contributed by atoms with Crippen molar-refractivity contribution in [3.05, 3.63) is 23.7 Å². The highest BCUT2D eigenvalue weighted by Gasteiger charge is 2.24.